The highest BCUT2D eigenvalue weighted by atomic mass is 16.7. The van der Waals surface area contributed by atoms with Crippen molar-refractivity contribution in [3.63, 3.8) is 0 Å². The molecule has 2 aliphatic rings. The maximum atomic E-state index is 11.1. The number of fused-ring (bicyclic) bond motifs is 1. The Kier molecular flexibility index (Phi) is 1.89. The van der Waals surface area contributed by atoms with Crippen LogP contribution in [0.4, 0.5) is 0 Å². The van der Waals surface area contributed by atoms with Crippen LogP contribution in [0.3, 0.4) is 0 Å². The van der Waals surface area contributed by atoms with Crippen LogP contribution in [0.2, 0.25) is 0 Å². The van der Waals surface area contributed by atoms with Crippen molar-refractivity contribution in [3.8, 4) is 0 Å². The van der Waals surface area contributed by atoms with Crippen molar-refractivity contribution in [3.05, 3.63) is 12.2 Å². The third-order valence-corrected chi connectivity index (χ3v) is 2.66. The molecule has 0 aliphatic carbocycles. The van der Waals surface area contributed by atoms with Gasteiger partial charge in [-0.15, -0.1) is 0 Å². The van der Waals surface area contributed by atoms with Crippen molar-refractivity contribution in [2.24, 2.45) is 5.92 Å². The minimum atomic E-state index is -0.988. The van der Waals surface area contributed by atoms with Gasteiger partial charge in [-0.2, -0.15) is 0 Å². The minimum Gasteiger partial charge on any atom is -0.453 e. The Labute approximate surface area is 76.1 Å². The Morgan fingerprint density at radius 3 is 2.92 bits per heavy atom. The van der Waals surface area contributed by atoms with Crippen LogP contribution in [0.5, 0.6) is 0 Å². The Morgan fingerprint density at radius 2 is 2.31 bits per heavy atom. The molecule has 2 aliphatic heterocycles. The average Bonchev–Trinajstić information content (AvgIpc) is 2.55. The molecular weight excluding hydrogens is 172 g/mol. The Morgan fingerprint density at radius 1 is 1.62 bits per heavy atom. The van der Waals surface area contributed by atoms with Crippen molar-refractivity contribution < 1.29 is 19.4 Å². The standard InChI is InChI=1S/C9H12O4/c1-3-5-6-4(2)8(10)13-7(6)9(11)12-5/h5-7,9,11H,2-3H2,1H3. The average molecular weight is 184 g/mol. The molecule has 4 unspecified atom stereocenters. The summed E-state index contributed by atoms with van der Waals surface area (Å²) in [5.41, 5.74) is 0.424. The monoisotopic (exact) mass is 184 g/mol. The fraction of sp³-hybridized carbons (Fsp3) is 0.667. The van der Waals surface area contributed by atoms with E-state index in [1.54, 1.807) is 0 Å². The molecule has 2 saturated heterocycles. The zero-order valence-corrected chi connectivity index (χ0v) is 7.40. The second kappa shape index (κ2) is 2.82. The second-order valence-corrected chi connectivity index (χ2v) is 3.39. The molecule has 2 fully saturated rings. The van der Waals surface area contributed by atoms with Crippen LogP contribution in [0.25, 0.3) is 0 Å². The molecule has 72 valence electrons. The van der Waals surface area contributed by atoms with Crippen LogP contribution < -0.4 is 0 Å². The van der Waals surface area contributed by atoms with Gasteiger partial charge in [0, 0.05) is 5.57 Å². The van der Waals surface area contributed by atoms with Crippen LogP contribution in [0.15, 0.2) is 12.2 Å². The van der Waals surface area contributed by atoms with Gasteiger partial charge in [0.25, 0.3) is 0 Å². The van der Waals surface area contributed by atoms with E-state index in [1.165, 1.54) is 0 Å². The highest BCUT2D eigenvalue weighted by Crippen LogP contribution is 2.40. The minimum absolute atomic E-state index is 0.140. The SMILES string of the molecule is C=C1C(=O)OC2C(O)OC(CC)C12. The Balaban J connectivity index is 2.26. The summed E-state index contributed by atoms with van der Waals surface area (Å²) in [5, 5.41) is 9.40. The molecule has 0 amide bonds. The summed E-state index contributed by atoms with van der Waals surface area (Å²) in [7, 11) is 0. The number of carbonyl (C=O) groups excluding carboxylic acids is 1. The van der Waals surface area contributed by atoms with E-state index in [4.69, 9.17) is 9.47 Å². The highest BCUT2D eigenvalue weighted by Gasteiger charge is 2.53. The summed E-state index contributed by atoms with van der Waals surface area (Å²) in [6.45, 7) is 5.59. The molecule has 1 N–H and O–H groups in total. The van der Waals surface area contributed by atoms with Crippen molar-refractivity contribution in [2.75, 3.05) is 0 Å². The summed E-state index contributed by atoms with van der Waals surface area (Å²) < 4.78 is 10.1. The number of hydrogen-bond donors (Lipinski definition) is 1. The van der Waals surface area contributed by atoms with Crippen LogP contribution in [-0.2, 0) is 14.3 Å². The zero-order valence-electron chi connectivity index (χ0n) is 7.40. The number of carbonyl (C=O) groups is 1. The predicted octanol–water partition coefficient (Wildman–Crippen LogP) is 0.211. The van der Waals surface area contributed by atoms with Crippen molar-refractivity contribution >= 4 is 5.97 Å². The Bertz CT molecular complexity index is 260. The maximum Gasteiger partial charge on any atom is 0.334 e. The first-order chi connectivity index (χ1) is 6.15. The van der Waals surface area contributed by atoms with Crippen molar-refractivity contribution in [1.29, 1.82) is 0 Å². The number of rotatable bonds is 1. The summed E-state index contributed by atoms with van der Waals surface area (Å²) in [5.74, 6) is -0.566. The number of esters is 1. The predicted molar refractivity (Wildman–Crippen MR) is 43.7 cm³/mol. The van der Waals surface area contributed by atoms with Crippen LogP contribution in [-0.4, -0.2) is 29.6 Å². The van der Waals surface area contributed by atoms with E-state index in [1.807, 2.05) is 6.92 Å². The molecule has 4 heteroatoms. The van der Waals surface area contributed by atoms with Crippen molar-refractivity contribution in [1.82, 2.24) is 0 Å². The van der Waals surface area contributed by atoms with Crippen LogP contribution >= 0.6 is 0 Å². The first kappa shape index (κ1) is 8.72. The Hall–Kier alpha value is -0.870. The van der Waals surface area contributed by atoms with Gasteiger partial charge in [-0.3, -0.25) is 0 Å². The summed E-state index contributed by atoms with van der Waals surface area (Å²) >= 11 is 0. The summed E-state index contributed by atoms with van der Waals surface area (Å²) in [6, 6.07) is 0. The first-order valence-corrected chi connectivity index (χ1v) is 4.38. The molecule has 0 saturated carbocycles. The third-order valence-electron chi connectivity index (χ3n) is 2.66. The molecular formula is C9H12O4. The first-order valence-electron chi connectivity index (χ1n) is 4.38. The summed E-state index contributed by atoms with van der Waals surface area (Å²) in [6.07, 6.45) is -0.921. The molecule has 0 aromatic carbocycles. The fourth-order valence-corrected chi connectivity index (χ4v) is 1.97. The van der Waals surface area contributed by atoms with E-state index < -0.39 is 18.4 Å². The van der Waals surface area contributed by atoms with E-state index in [2.05, 4.69) is 6.58 Å². The lowest BCUT2D eigenvalue weighted by molar-refractivity contribution is -0.162. The largest absolute Gasteiger partial charge is 0.453 e. The van der Waals surface area contributed by atoms with Gasteiger partial charge in [-0.05, 0) is 6.42 Å². The highest BCUT2D eigenvalue weighted by molar-refractivity contribution is 5.91. The molecule has 4 nitrogen and oxygen atoms in total. The molecule has 2 rings (SSSR count). The summed E-state index contributed by atoms with van der Waals surface area (Å²) in [4.78, 5) is 11.1. The molecule has 2 heterocycles. The van der Waals surface area contributed by atoms with E-state index >= 15 is 0 Å². The van der Waals surface area contributed by atoms with Gasteiger partial charge in [0.1, 0.15) is 0 Å². The fourth-order valence-electron chi connectivity index (χ4n) is 1.97. The van der Waals surface area contributed by atoms with Gasteiger partial charge in [-0.25, -0.2) is 4.79 Å². The van der Waals surface area contributed by atoms with Crippen LogP contribution in [0.1, 0.15) is 13.3 Å². The van der Waals surface area contributed by atoms with E-state index in [0.717, 1.165) is 6.42 Å². The van der Waals surface area contributed by atoms with E-state index in [-0.39, 0.29) is 12.0 Å². The number of ether oxygens (including phenoxy) is 2. The van der Waals surface area contributed by atoms with Gasteiger partial charge >= 0.3 is 5.97 Å². The maximum absolute atomic E-state index is 11.1. The molecule has 4 atom stereocenters. The normalized spacial score (nSPS) is 43.5. The third kappa shape index (κ3) is 1.09. The molecule has 0 bridgehead atoms. The number of aliphatic hydroxyl groups excluding tert-OH is 1. The molecule has 13 heavy (non-hydrogen) atoms. The lowest BCUT2D eigenvalue weighted by Crippen LogP contribution is -2.24. The zero-order chi connectivity index (χ0) is 9.59. The van der Waals surface area contributed by atoms with Gasteiger partial charge in [0.2, 0.25) is 0 Å². The van der Waals surface area contributed by atoms with Gasteiger partial charge in [0.05, 0.1) is 12.0 Å². The van der Waals surface area contributed by atoms with E-state index in [0.29, 0.717) is 5.57 Å². The van der Waals surface area contributed by atoms with E-state index in [9.17, 15) is 9.90 Å². The van der Waals surface area contributed by atoms with Gasteiger partial charge in [-0.1, -0.05) is 13.5 Å². The molecule has 0 aromatic heterocycles. The van der Waals surface area contributed by atoms with Gasteiger partial charge in [0.15, 0.2) is 12.4 Å². The lowest BCUT2D eigenvalue weighted by atomic mass is 9.92. The molecule has 0 aromatic rings. The van der Waals surface area contributed by atoms with Crippen molar-refractivity contribution in [2.45, 2.75) is 31.8 Å². The van der Waals surface area contributed by atoms with Crippen LogP contribution in [0, 0.1) is 5.92 Å². The molecule has 0 radical (unpaired) electrons. The quantitative estimate of drug-likeness (QED) is 0.467. The lowest BCUT2D eigenvalue weighted by Gasteiger charge is -2.11. The number of aliphatic hydroxyl groups is 1. The molecule has 0 spiro atoms. The topological polar surface area (TPSA) is 55.8 Å². The number of hydrogen-bond acceptors (Lipinski definition) is 4. The van der Waals surface area contributed by atoms with Gasteiger partial charge < -0.3 is 14.6 Å². The smallest absolute Gasteiger partial charge is 0.334 e. The second-order valence-electron chi connectivity index (χ2n) is 3.39.